The number of rotatable bonds is 8. The quantitative estimate of drug-likeness (QED) is 0.155. The number of halogens is 2. The van der Waals surface area contributed by atoms with Crippen LogP contribution in [-0.4, -0.2) is 103 Å². The first kappa shape index (κ1) is 39.8. The average molecular weight is 801 g/mol. The van der Waals surface area contributed by atoms with Gasteiger partial charge in [-0.15, -0.1) is 10.3 Å². The highest BCUT2D eigenvalue weighted by atomic mass is 35.5. The molecule has 2 atom stereocenters. The van der Waals surface area contributed by atoms with Crippen molar-refractivity contribution in [2.24, 2.45) is 16.6 Å². The Morgan fingerprint density at radius 1 is 1.02 bits per heavy atom. The van der Waals surface area contributed by atoms with Crippen LogP contribution in [0.15, 0.2) is 58.7 Å². The third-order valence-corrected chi connectivity index (χ3v) is 14.9. The lowest BCUT2D eigenvalue weighted by molar-refractivity contribution is 0.0325. The molecule has 0 aromatic carbocycles. The zero-order valence-electron chi connectivity index (χ0n) is 32.0. The molecular weight excluding hydrogens is 749 g/mol. The van der Waals surface area contributed by atoms with Crippen molar-refractivity contribution in [3.8, 4) is 5.75 Å². The minimum atomic E-state index is -1.25. The van der Waals surface area contributed by atoms with Gasteiger partial charge in [0.1, 0.15) is 21.9 Å². The van der Waals surface area contributed by atoms with Crippen LogP contribution in [-0.2, 0) is 23.7 Å². The monoisotopic (exact) mass is 799 g/mol. The molecule has 0 amide bonds. The molecule has 3 aliphatic heterocycles. The third-order valence-electron chi connectivity index (χ3n) is 10.6. The summed E-state index contributed by atoms with van der Waals surface area (Å²) in [6.45, 7) is 12.2. The van der Waals surface area contributed by atoms with Gasteiger partial charge < -0.3 is 34.8 Å². The van der Waals surface area contributed by atoms with Gasteiger partial charge >= 0.3 is 0 Å². The molecule has 0 saturated heterocycles. The standard InChI is InChI=1S/C21H29ClN6OS.C16H22ClN5O2/c1-21(2,3)30(4,5)29-13-14-11-28(19-17(14)18(22)25-20(23)26-19)12-15-16-7-6-9-27(16)10-8-24-15;1-10-11(9-23)7-22(21(2)16(18)20-15(10)17)8-13-12-4-6-24-14(12)3-5-19-13/h6-10,14H,11-13H2,1-5H3,(H2,23,25,26);3,5,11,23H,4,6-9H2,1-2H3,(H2,18,20)/b;15-10+. The number of aliphatic hydroxyl groups excluding tert-OH is 1. The first-order valence-electron chi connectivity index (χ1n) is 17.8. The molecule has 0 saturated carbocycles. The summed E-state index contributed by atoms with van der Waals surface area (Å²) in [5.74, 6) is 2.12. The van der Waals surface area contributed by atoms with E-state index in [1.807, 2.05) is 49.7 Å². The number of ether oxygens (including phenoxy) is 1. The Kier molecular flexibility index (Phi) is 11.9. The SMILES string of the molecule is C/C1=C(Cl)\N=C(\N)N(C)N(Cc2nccc3c2CCO3)CC1CO.CC(C)(C)S(C)(C)OCC1CN(Cc2nccn3cccc23)c2nc(N)nc(Cl)c21. The zero-order chi connectivity index (χ0) is 38.9. The topological polar surface area (TPSA) is 169 Å². The maximum Gasteiger partial charge on any atom is 0.223 e. The van der Waals surface area contributed by atoms with E-state index in [0.717, 1.165) is 58.1 Å². The van der Waals surface area contributed by atoms with Crippen molar-refractivity contribution in [3.63, 3.8) is 0 Å². The smallest absolute Gasteiger partial charge is 0.223 e. The van der Waals surface area contributed by atoms with Gasteiger partial charge in [-0.1, -0.05) is 44.0 Å². The van der Waals surface area contributed by atoms with Gasteiger partial charge in [-0.2, -0.15) is 4.98 Å². The van der Waals surface area contributed by atoms with Crippen molar-refractivity contribution < 1.29 is 14.0 Å². The van der Waals surface area contributed by atoms with E-state index in [0.29, 0.717) is 49.1 Å². The summed E-state index contributed by atoms with van der Waals surface area (Å²) < 4.78 is 14.2. The Morgan fingerprint density at radius 2 is 1.78 bits per heavy atom. The lowest BCUT2D eigenvalue weighted by Crippen LogP contribution is -2.50. The summed E-state index contributed by atoms with van der Waals surface area (Å²) in [5.41, 5.74) is 17.9. The van der Waals surface area contributed by atoms with Gasteiger partial charge in [-0.3, -0.25) is 15.0 Å². The maximum atomic E-state index is 9.73. The van der Waals surface area contributed by atoms with E-state index in [4.69, 9.17) is 43.6 Å². The number of aliphatic imine (C=N–C) groups is 1. The fourth-order valence-corrected chi connectivity index (χ4v) is 7.89. The number of nitrogen functional groups attached to an aromatic ring is 1. The molecule has 0 bridgehead atoms. The molecular formula is C37H51Cl2N11O3S. The predicted octanol–water partition coefficient (Wildman–Crippen LogP) is 5.33. The molecule has 2 unspecified atom stereocenters. The minimum Gasteiger partial charge on any atom is -0.493 e. The number of hydrazine groups is 1. The van der Waals surface area contributed by atoms with Crippen molar-refractivity contribution in [1.82, 2.24) is 34.4 Å². The summed E-state index contributed by atoms with van der Waals surface area (Å²) in [7, 11) is 0.582. The van der Waals surface area contributed by atoms with Crippen molar-refractivity contribution in [2.45, 2.75) is 57.9 Å². The number of pyridine rings is 1. The number of aromatic nitrogens is 5. The van der Waals surface area contributed by atoms with Crippen LogP contribution < -0.4 is 21.1 Å². The molecule has 0 radical (unpaired) electrons. The fraction of sp³-hybridized carbons (Fsp3) is 0.486. The summed E-state index contributed by atoms with van der Waals surface area (Å²) in [6.07, 6.45) is 12.8. The first-order chi connectivity index (χ1) is 25.6. The highest BCUT2D eigenvalue weighted by Crippen LogP contribution is 2.55. The number of fused-ring (bicyclic) bond motifs is 3. The van der Waals surface area contributed by atoms with Gasteiger partial charge in [0.25, 0.3) is 0 Å². The summed E-state index contributed by atoms with van der Waals surface area (Å²) in [5, 5.41) is 14.3. The van der Waals surface area contributed by atoms with Crippen LogP contribution in [0, 0.1) is 5.92 Å². The van der Waals surface area contributed by atoms with Gasteiger partial charge in [0.05, 0.1) is 49.8 Å². The van der Waals surface area contributed by atoms with E-state index < -0.39 is 10.3 Å². The molecule has 14 nitrogen and oxygen atoms in total. The van der Waals surface area contributed by atoms with E-state index in [1.165, 1.54) is 0 Å². The Morgan fingerprint density at radius 3 is 2.52 bits per heavy atom. The molecule has 0 spiro atoms. The Hall–Kier alpha value is -3.86. The number of aliphatic hydroxyl groups is 1. The van der Waals surface area contributed by atoms with Crippen molar-refractivity contribution in [2.75, 3.05) is 63.1 Å². The highest BCUT2D eigenvalue weighted by Gasteiger charge is 2.37. The third kappa shape index (κ3) is 8.36. The van der Waals surface area contributed by atoms with E-state index in [9.17, 15) is 5.11 Å². The second-order valence-electron chi connectivity index (χ2n) is 15.0. The van der Waals surface area contributed by atoms with E-state index in [2.05, 4.69) is 73.6 Å². The number of anilines is 2. The van der Waals surface area contributed by atoms with Gasteiger partial charge in [-0.05, 0) is 43.2 Å². The molecule has 17 heteroatoms. The van der Waals surface area contributed by atoms with Crippen LogP contribution >= 0.6 is 33.5 Å². The number of nitrogens with two attached hydrogens (primary N) is 2. The van der Waals surface area contributed by atoms with Crippen LogP contribution in [0.1, 0.15) is 56.1 Å². The Labute approximate surface area is 328 Å². The molecule has 4 aromatic rings. The van der Waals surface area contributed by atoms with Crippen molar-refractivity contribution in [3.05, 3.63) is 81.4 Å². The molecule has 0 fully saturated rings. The minimum absolute atomic E-state index is 0.00868. The highest BCUT2D eigenvalue weighted by molar-refractivity contribution is 8.29. The molecule has 54 heavy (non-hydrogen) atoms. The van der Waals surface area contributed by atoms with E-state index in [1.54, 1.807) is 11.2 Å². The van der Waals surface area contributed by atoms with E-state index >= 15 is 0 Å². The largest absolute Gasteiger partial charge is 0.493 e. The van der Waals surface area contributed by atoms with Crippen LogP contribution in [0.5, 0.6) is 5.75 Å². The molecule has 5 N–H and O–H groups in total. The predicted molar refractivity (Wildman–Crippen MR) is 218 cm³/mol. The first-order valence-corrected chi connectivity index (χ1v) is 21.0. The lowest BCUT2D eigenvalue weighted by Gasteiger charge is -2.44. The van der Waals surface area contributed by atoms with Crippen LogP contribution in [0.25, 0.3) is 5.52 Å². The van der Waals surface area contributed by atoms with Gasteiger partial charge in [0, 0.05) is 79.1 Å². The summed E-state index contributed by atoms with van der Waals surface area (Å²) in [4.78, 5) is 24.3. The van der Waals surface area contributed by atoms with Crippen molar-refractivity contribution in [1.29, 1.82) is 0 Å². The Bertz CT molecular complexity index is 2050. The number of hydrogen-bond acceptors (Lipinski definition) is 13. The average Bonchev–Trinajstić information content (AvgIpc) is 3.88. The van der Waals surface area contributed by atoms with Gasteiger partial charge in [0.2, 0.25) is 11.9 Å². The van der Waals surface area contributed by atoms with E-state index in [-0.39, 0.29) is 29.1 Å². The van der Waals surface area contributed by atoms with Gasteiger partial charge in [0.15, 0.2) is 0 Å². The molecule has 0 aliphatic carbocycles. The second-order valence-corrected chi connectivity index (χ2v) is 19.7. The fourth-order valence-electron chi connectivity index (χ4n) is 6.46. The zero-order valence-corrected chi connectivity index (χ0v) is 34.3. The summed E-state index contributed by atoms with van der Waals surface area (Å²) >= 11 is 12.7. The van der Waals surface area contributed by atoms with Crippen LogP contribution in [0.4, 0.5) is 11.8 Å². The maximum absolute atomic E-state index is 9.73. The van der Waals surface area contributed by atoms with Crippen molar-refractivity contribution >= 4 is 56.8 Å². The number of hydrogen-bond donors (Lipinski definition) is 3. The number of nitrogens with zero attached hydrogens (tertiary/aromatic N) is 9. The van der Waals surface area contributed by atoms with Gasteiger partial charge in [-0.25, -0.2) is 15.0 Å². The molecule has 7 heterocycles. The molecule has 292 valence electrons. The van der Waals surface area contributed by atoms with Crippen LogP contribution in [0.2, 0.25) is 5.15 Å². The molecule has 3 aliphatic rings. The number of guanidine groups is 1. The molecule has 7 rings (SSSR count). The van der Waals surface area contributed by atoms with Crippen LogP contribution in [0.3, 0.4) is 0 Å². The Balaban J connectivity index is 0.000000189. The lowest BCUT2D eigenvalue weighted by atomic mass is 10.0. The normalized spacial score (nSPS) is 21.8. The molecule has 4 aromatic heterocycles. The summed E-state index contributed by atoms with van der Waals surface area (Å²) in [6, 6.07) is 5.97. The second kappa shape index (κ2) is 16.1.